The number of benzene rings is 1. The molecule has 2 N–H and O–H groups in total. The van der Waals surface area contributed by atoms with Crippen LogP contribution in [0.2, 0.25) is 0 Å². The van der Waals surface area contributed by atoms with Gasteiger partial charge in [0.25, 0.3) is 0 Å². The van der Waals surface area contributed by atoms with Crippen LogP contribution in [0.15, 0.2) is 24.3 Å². The Kier molecular flexibility index (Phi) is 6.72. The van der Waals surface area contributed by atoms with Crippen LogP contribution >= 0.6 is 0 Å². The second kappa shape index (κ2) is 9.22. The molecule has 1 aromatic carbocycles. The summed E-state index contributed by atoms with van der Waals surface area (Å²) in [5.74, 6) is -0.0564. The molecule has 1 saturated heterocycles. The molecule has 2 aliphatic rings. The Balaban J connectivity index is 1.42. The van der Waals surface area contributed by atoms with Crippen molar-refractivity contribution >= 4 is 12.0 Å². The van der Waals surface area contributed by atoms with Gasteiger partial charge in [-0.25, -0.2) is 4.79 Å². The van der Waals surface area contributed by atoms with E-state index in [4.69, 9.17) is 5.11 Å². The fraction of sp³-hybridized carbons (Fsp3) is 0.619. The van der Waals surface area contributed by atoms with Crippen molar-refractivity contribution in [1.29, 1.82) is 0 Å². The molecule has 3 rings (SSSR count). The maximum Gasteiger partial charge on any atom is 0.317 e. The van der Waals surface area contributed by atoms with Crippen LogP contribution in [0.3, 0.4) is 0 Å². The zero-order valence-electron chi connectivity index (χ0n) is 16.2. The first-order valence-corrected chi connectivity index (χ1v) is 10.1. The van der Waals surface area contributed by atoms with E-state index in [9.17, 15) is 9.59 Å². The van der Waals surface area contributed by atoms with Crippen LogP contribution in [0.5, 0.6) is 0 Å². The number of hydrogen-bond acceptors (Lipinski definition) is 3. The summed E-state index contributed by atoms with van der Waals surface area (Å²) in [6.45, 7) is 4.67. The van der Waals surface area contributed by atoms with E-state index in [2.05, 4.69) is 29.6 Å². The number of likely N-dealkylation sites (N-methyl/N-ethyl adjacent to an activating group) is 1. The number of amides is 2. The molecule has 2 amide bonds. The predicted molar refractivity (Wildman–Crippen MR) is 105 cm³/mol. The van der Waals surface area contributed by atoms with E-state index >= 15 is 0 Å². The zero-order chi connectivity index (χ0) is 19.2. The van der Waals surface area contributed by atoms with Crippen molar-refractivity contribution in [2.45, 2.75) is 57.5 Å². The lowest BCUT2D eigenvalue weighted by atomic mass is 9.80. The average Bonchev–Trinajstić information content (AvgIpc) is 2.64. The van der Waals surface area contributed by atoms with Gasteiger partial charge in [-0.3, -0.25) is 9.69 Å². The van der Waals surface area contributed by atoms with Gasteiger partial charge in [0.05, 0.1) is 6.54 Å². The summed E-state index contributed by atoms with van der Waals surface area (Å²) < 4.78 is 0. The smallest absolute Gasteiger partial charge is 0.317 e. The number of piperidine rings is 1. The third-order valence-electron chi connectivity index (χ3n) is 6.01. The molecule has 0 aromatic heterocycles. The molecule has 0 spiro atoms. The first-order valence-electron chi connectivity index (χ1n) is 10.1. The van der Waals surface area contributed by atoms with Crippen LogP contribution in [-0.2, 0) is 11.3 Å². The van der Waals surface area contributed by atoms with Gasteiger partial charge in [-0.15, -0.1) is 0 Å². The summed E-state index contributed by atoms with van der Waals surface area (Å²) in [5.41, 5.74) is 2.54. The van der Waals surface area contributed by atoms with Crippen LogP contribution in [0.1, 0.15) is 56.1 Å². The van der Waals surface area contributed by atoms with Gasteiger partial charge in [-0.05, 0) is 49.3 Å². The van der Waals surface area contributed by atoms with Crippen LogP contribution in [0.4, 0.5) is 4.79 Å². The number of hydrogen-bond donors (Lipinski definition) is 2. The maximum absolute atomic E-state index is 12.4. The molecular weight excluding hydrogens is 342 g/mol. The first kappa shape index (κ1) is 19.7. The van der Waals surface area contributed by atoms with Gasteiger partial charge in [-0.1, -0.05) is 37.6 Å². The molecule has 1 aliphatic heterocycles. The van der Waals surface area contributed by atoms with Crippen molar-refractivity contribution in [2.24, 2.45) is 0 Å². The van der Waals surface area contributed by atoms with Crippen LogP contribution < -0.4 is 5.32 Å². The molecule has 6 heteroatoms. The highest BCUT2D eigenvalue weighted by Gasteiger charge is 2.27. The monoisotopic (exact) mass is 373 g/mol. The third-order valence-corrected chi connectivity index (χ3v) is 6.01. The fourth-order valence-electron chi connectivity index (χ4n) is 4.05. The Morgan fingerprint density at radius 3 is 2.33 bits per heavy atom. The van der Waals surface area contributed by atoms with Gasteiger partial charge in [0.15, 0.2) is 0 Å². The molecule has 0 atom stereocenters. The lowest BCUT2D eigenvalue weighted by Gasteiger charge is -2.37. The minimum atomic E-state index is -0.791. The number of nitrogens with one attached hydrogen (secondary N) is 1. The largest absolute Gasteiger partial charge is 0.480 e. The highest BCUT2D eigenvalue weighted by Crippen LogP contribution is 2.36. The van der Waals surface area contributed by atoms with Gasteiger partial charge < -0.3 is 15.3 Å². The van der Waals surface area contributed by atoms with E-state index in [0.29, 0.717) is 19.6 Å². The minimum Gasteiger partial charge on any atom is -0.480 e. The molecular formula is C21H31N3O3. The number of likely N-dealkylation sites (tertiary alicyclic amines) is 1. The quantitative estimate of drug-likeness (QED) is 0.771. The molecule has 6 nitrogen and oxygen atoms in total. The molecule has 27 heavy (non-hydrogen) atoms. The summed E-state index contributed by atoms with van der Waals surface area (Å²) in [6, 6.07) is 8.83. The number of aliphatic carboxylic acids is 1. The summed E-state index contributed by atoms with van der Waals surface area (Å²) >= 11 is 0. The van der Waals surface area contributed by atoms with Gasteiger partial charge >= 0.3 is 12.0 Å². The van der Waals surface area contributed by atoms with E-state index in [-0.39, 0.29) is 18.6 Å². The number of nitrogens with zero attached hydrogens (tertiary/aromatic N) is 2. The van der Waals surface area contributed by atoms with E-state index < -0.39 is 5.97 Å². The van der Waals surface area contributed by atoms with Crippen molar-refractivity contribution in [3.05, 3.63) is 35.4 Å². The first-order chi connectivity index (χ1) is 13.1. The van der Waals surface area contributed by atoms with Crippen molar-refractivity contribution < 1.29 is 14.7 Å². The molecule has 2 fully saturated rings. The normalized spacial score (nSPS) is 18.4. The van der Waals surface area contributed by atoms with Gasteiger partial charge in [0, 0.05) is 25.7 Å². The maximum atomic E-state index is 12.4. The number of carbonyl (C=O) groups excluding carboxylic acids is 1. The molecule has 1 aliphatic carbocycles. The number of urea groups is 1. The lowest BCUT2D eigenvalue weighted by molar-refractivity contribution is -0.139. The molecule has 1 saturated carbocycles. The molecule has 1 heterocycles. The van der Waals surface area contributed by atoms with Crippen molar-refractivity contribution in [1.82, 2.24) is 15.1 Å². The standard InChI is InChI=1S/C21H31N3O3/c1-2-23(15-20(25)26)19-10-12-24(13-11-19)21(27)22-14-16-6-8-18(9-7-16)17-4-3-5-17/h6-9,17,19H,2-5,10-15H2,1H3,(H,22,27)(H,25,26). The summed E-state index contributed by atoms with van der Waals surface area (Å²) in [4.78, 5) is 27.2. The van der Waals surface area contributed by atoms with Crippen molar-refractivity contribution in [3.8, 4) is 0 Å². The zero-order valence-corrected chi connectivity index (χ0v) is 16.2. The molecule has 0 bridgehead atoms. The Bertz CT molecular complexity index is 635. The highest BCUT2D eigenvalue weighted by atomic mass is 16.4. The van der Waals surface area contributed by atoms with Crippen LogP contribution in [-0.4, -0.2) is 59.1 Å². The molecule has 1 aromatic rings. The Labute approximate surface area is 161 Å². The molecule has 148 valence electrons. The van der Waals surface area contributed by atoms with E-state index in [1.807, 2.05) is 16.7 Å². The Morgan fingerprint density at radius 1 is 1.15 bits per heavy atom. The van der Waals surface area contributed by atoms with Crippen LogP contribution in [0, 0.1) is 0 Å². The van der Waals surface area contributed by atoms with E-state index in [1.54, 1.807) is 0 Å². The topological polar surface area (TPSA) is 72.9 Å². The van der Waals surface area contributed by atoms with Crippen molar-refractivity contribution in [3.63, 3.8) is 0 Å². The minimum absolute atomic E-state index is 0.0298. The van der Waals surface area contributed by atoms with E-state index in [0.717, 1.165) is 30.9 Å². The summed E-state index contributed by atoms with van der Waals surface area (Å²) in [5, 5.41) is 12.0. The second-order valence-corrected chi connectivity index (χ2v) is 7.70. The third kappa shape index (κ3) is 5.22. The SMILES string of the molecule is CCN(CC(=O)O)C1CCN(C(=O)NCc2ccc(C3CCC3)cc2)CC1. The van der Waals surface area contributed by atoms with Crippen LogP contribution in [0.25, 0.3) is 0 Å². The lowest BCUT2D eigenvalue weighted by Crippen LogP contribution is -2.50. The van der Waals surface area contributed by atoms with Gasteiger partial charge in [-0.2, -0.15) is 0 Å². The number of carbonyl (C=O) groups is 2. The Hall–Kier alpha value is -2.08. The molecule has 0 radical (unpaired) electrons. The average molecular weight is 373 g/mol. The predicted octanol–water partition coefficient (Wildman–Crippen LogP) is 3.03. The number of carboxylic acid groups (broad SMARTS) is 1. The van der Waals surface area contributed by atoms with Gasteiger partial charge in [0.2, 0.25) is 0 Å². The summed E-state index contributed by atoms with van der Waals surface area (Å²) in [6.07, 6.45) is 5.59. The Morgan fingerprint density at radius 2 is 1.81 bits per heavy atom. The van der Waals surface area contributed by atoms with Gasteiger partial charge in [0.1, 0.15) is 0 Å². The second-order valence-electron chi connectivity index (χ2n) is 7.70. The fourth-order valence-corrected chi connectivity index (χ4v) is 4.05. The number of carboxylic acids is 1. The van der Waals surface area contributed by atoms with E-state index in [1.165, 1.54) is 24.8 Å². The molecule has 0 unspecified atom stereocenters. The summed E-state index contributed by atoms with van der Waals surface area (Å²) in [7, 11) is 0. The highest BCUT2D eigenvalue weighted by molar-refractivity contribution is 5.74. The van der Waals surface area contributed by atoms with Crippen molar-refractivity contribution in [2.75, 3.05) is 26.2 Å². The number of rotatable bonds is 7.